The highest BCUT2D eigenvalue weighted by Crippen LogP contribution is 2.18. The summed E-state index contributed by atoms with van der Waals surface area (Å²) in [6.45, 7) is 6.17. The molecule has 7 nitrogen and oxygen atoms in total. The molecule has 0 saturated carbocycles. The van der Waals surface area contributed by atoms with Gasteiger partial charge in [-0.2, -0.15) is 0 Å². The first-order chi connectivity index (χ1) is 13.0. The quantitative estimate of drug-likeness (QED) is 0.756. The Hall–Kier alpha value is -3.09. The number of hydrogen-bond acceptors (Lipinski definition) is 4. The first kappa shape index (κ1) is 17.3. The molecule has 3 aromatic rings. The Morgan fingerprint density at radius 2 is 1.78 bits per heavy atom. The third-order valence-electron chi connectivity index (χ3n) is 5.03. The van der Waals surface area contributed by atoms with E-state index in [0.29, 0.717) is 42.9 Å². The number of aromatic nitrogens is 2. The molecule has 1 N–H and O–H groups in total. The molecule has 2 aromatic heterocycles. The van der Waals surface area contributed by atoms with Crippen LogP contribution in [0.5, 0.6) is 0 Å². The van der Waals surface area contributed by atoms with Crippen LogP contribution >= 0.6 is 0 Å². The summed E-state index contributed by atoms with van der Waals surface area (Å²) >= 11 is 0. The van der Waals surface area contributed by atoms with E-state index in [1.54, 1.807) is 23.1 Å². The number of benzene rings is 1. The minimum Gasteiger partial charge on any atom is -0.443 e. The number of fused-ring (bicyclic) bond motifs is 1. The summed E-state index contributed by atoms with van der Waals surface area (Å²) in [5.41, 5.74) is 4.49. The lowest BCUT2D eigenvalue weighted by molar-refractivity contribution is 0.0718. The fourth-order valence-corrected chi connectivity index (χ4v) is 3.61. The Labute approximate surface area is 157 Å². The first-order valence-electron chi connectivity index (χ1n) is 9.11. The molecule has 0 aliphatic carbocycles. The van der Waals surface area contributed by atoms with E-state index in [4.69, 9.17) is 4.42 Å². The number of nitrogens with one attached hydrogen (secondary N) is 1. The Morgan fingerprint density at radius 1 is 1.04 bits per heavy atom. The van der Waals surface area contributed by atoms with Crippen molar-refractivity contribution in [3.63, 3.8) is 0 Å². The Morgan fingerprint density at radius 3 is 2.48 bits per heavy atom. The molecular formula is C20H22N4O3. The van der Waals surface area contributed by atoms with E-state index in [9.17, 15) is 9.59 Å². The number of carbonyl (C=O) groups is 2. The summed E-state index contributed by atoms with van der Waals surface area (Å²) in [4.78, 5) is 36.6. The number of aromatic amines is 1. The Balaban J connectivity index is 1.47. The van der Waals surface area contributed by atoms with Crippen LogP contribution in [0.4, 0.5) is 0 Å². The van der Waals surface area contributed by atoms with Crippen LogP contribution in [0.1, 0.15) is 38.5 Å². The lowest BCUT2D eigenvalue weighted by Gasteiger charge is -2.22. The highest BCUT2D eigenvalue weighted by Gasteiger charge is 2.25. The van der Waals surface area contributed by atoms with Crippen LogP contribution in [0.3, 0.4) is 0 Å². The lowest BCUT2D eigenvalue weighted by atomic mass is 10.1. The van der Waals surface area contributed by atoms with Gasteiger partial charge in [-0.15, -0.1) is 0 Å². The number of amides is 2. The van der Waals surface area contributed by atoms with Gasteiger partial charge < -0.3 is 19.2 Å². The molecule has 0 bridgehead atoms. The molecule has 4 rings (SSSR count). The summed E-state index contributed by atoms with van der Waals surface area (Å²) in [6, 6.07) is 7.17. The minimum atomic E-state index is -0.0451. The van der Waals surface area contributed by atoms with Crippen LogP contribution in [-0.2, 0) is 0 Å². The molecule has 0 spiro atoms. The molecular weight excluding hydrogens is 344 g/mol. The molecule has 3 heterocycles. The highest BCUT2D eigenvalue weighted by atomic mass is 16.3. The number of carbonyl (C=O) groups excluding carboxylic acids is 2. The third-order valence-corrected chi connectivity index (χ3v) is 5.03. The van der Waals surface area contributed by atoms with Gasteiger partial charge in [-0.25, -0.2) is 4.98 Å². The monoisotopic (exact) mass is 366 g/mol. The molecule has 0 radical (unpaired) electrons. The van der Waals surface area contributed by atoms with Crippen LogP contribution in [0.2, 0.25) is 0 Å². The zero-order valence-electron chi connectivity index (χ0n) is 15.5. The zero-order chi connectivity index (χ0) is 19.0. The minimum absolute atomic E-state index is 0.0224. The van der Waals surface area contributed by atoms with Crippen molar-refractivity contribution in [3.05, 3.63) is 53.2 Å². The Kier molecular flexibility index (Phi) is 4.43. The first-order valence-corrected chi connectivity index (χ1v) is 9.11. The molecule has 0 unspecified atom stereocenters. The van der Waals surface area contributed by atoms with Gasteiger partial charge in [-0.1, -0.05) is 0 Å². The molecule has 1 fully saturated rings. The van der Waals surface area contributed by atoms with Crippen LogP contribution in [0.25, 0.3) is 11.1 Å². The standard InChI is InChI=1S/C20H22N4O3/c1-13-10-16(14(2)22-13)20(26)24-7-3-6-23(8-9-24)19(25)15-4-5-17-18(11-15)27-12-21-17/h4-5,10-12,22H,3,6-9H2,1-2H3. The summed E-state index contributed by atoms with van der Waals surface area (Å²) in [5, 5.41) is 0. The van der Waals surface area contributed by atoms with Crippen molar-refractivity contribution in [2.75, 3.05) is 26.2 Å². The summed E-state index contributed by atoms with van der Waals surface area (Å²) in [5.74, 6) is -0.0227. The van der Waals surface area contributed by atoms with Gasteiger partial charge in [-0.3, -0.25) is 9.59 Å². The molecule has 27 heavy (non-hydrogen) atoms. The number of H-pyrrole nitrogens is 1. The average molecular weight is 366 g/mol. The van der Waals surface area contributed by atoms with E-state index in [2.05, 4.69) is 9.97 Å². The maximum Gasteiger partial charge on any atom is 0.255 e. The van der Waals surface area contributed by atoms with Crippen LogP contribution in [0, 0.1) is 13.8 Å². The van der Waals surface area contributed by atoms with Crippen LogP contribution < -0.4 is 0 Å². The largest absolute Gasteiger partial charge is 0.443 e. The maximum absolute atomic E-state index is 12.9. The van der Waals surface area contributed by atoms with Gasteiger partial charge in [0.1, 0.15) is 5.52 Å². The van der Waals surface area contributed by atoms with Gasteiger partial charge in [-0.05, 0) is 44.5 Å². The molecule has 140 valence electrons. The molecule has 1 aromatic carbocycles. The second kappa shape index (κ2) is 6.90. The van der Waals surface area contributed by atoms with Gasteiger partial charge in [0.2, 0.25) is 0 Å². The lowest BCUT2D eigenvalue weighted by Crippen LogP contribution is -2.37. The Bertz CT molecular complexity index is 1000. The van der Waals surface area contributed by atoms with Crippen molar-refractivity contribution >= 4 is 22.9 Å². The van der Waals surface area contributed by atoms with Crippen LogP contribution in [0.15, 0.2) is 35.1 Å². The summed E-state index contributed by atoms with van der Waals surface area (Å²) in [6.07, 6.45) is 2.13. The second-order valence-corrected chi connectivity index (χ2v) is 6.96. The third kappa shape index (κ3) is 3.32. The summed E-state index contributed by atoms with van der Waals surface area (Å²) in [7, 11) is 0. The van der Waals surface area contributed by atoms with Gasteiger partial charge >= 0.3 is 0 Å². The van der Waals surface area contributed by atoms with Gasteiger partial charge in [0.15, 0.2) is 12.0 Å². The van der Waals surface area contributed by atoms with E-state index in [1.165, 1.54) is 6.39 Å². The van der Waals surface area contributed by atoms with E-state index in [-0.39, 0.29) is 11.8 Å². The number of hydrogen-bond donors (Lipinski definition) is 1. The fraction of sp³-hybridized carbons (Fsp3) is 0.350. The van der Waals surface area contributed by atoms with Crippen molar-refractivity contribution in [2.24, 2.45) is 0 Å². The summed E-state index contributed by atoms with van der Waals surface area (Å²) < 4.78 is 5.29. The van der Waals surface area contributed by atoms with Crippen molar-refractivity contribution in [3.8, 4) is 0 Å². The number of rotatable bonds is 2. The topological polar surface area (TPSA) is 82.4 Å². The van der Waals surface area contributed by atoms with Crippen molar-refractivity contribution in [1.82, 2.24) is 19.8 Å². The highest BCUT2D eigenvalue weighted by molar-refractivity contribution is 5.97. The van der Waals surface area contributed by atoms with E-state index < -0.39 is 0 Å². The second-order valence-electron chi connectivity index (χ2n) is 6.96. The van der Waals surface area contributed by atoms with E-state index in [1.807, 2.05) is 24.8 Å². The number of aryl methyl sites for hydroxylation is 2. The molecule has 0 atom stereocenters. The molecule has 1 aliphatic rings. The maximum atomic E-state index is 12.9. The zero-order valence-corrected chi connectivity index (χ0v) is 15.5. The molecule has 1 saturated heterocycles. The van der Waals surface area contributed by atoms with Gasteiger partial charge in [0.05, 0.1) is 5.56 Å². The molecule has 7 heteroatoms. The smallest absolute Gasteiger partial charge is 0.255 e. The SMILES string of the molecule is Cc1cc(C(=O)N2CCCN(C(=O)c3ccc4ncoc4c3)CC2)c(C)[nH]1. The van der Waals surface area contributed by atoms with Crippen LogP contribution in [-0.4, -0.2) is 57.8 Å². The van der Waals surface area contributed by atoms with Gasteiger partial charge in [0.25, 0.3) is 11.8 Å². The molecule has 1 aliphatic heterocycles. The normalized spacial score (nSPS) is 15.2. The average Bonchev–Trinajstić information content (AvgIpc) is 3.17. The van der Waals surface area contributed by atoms with Crippen molar-refractivity contribution in [1.29, 1.82) is 0 Å². The molecule has 2 amide bonds. The van der Waals surface area contributed by atoms with E-state index in [0.717, 1.165) is 23.3 Å². The van der Waals surface area contributed by atoms with Gasteiger partial charge in [0, 0.05) is 43.1 Å². The van der Waals surface area contributed by atoms with Crippen molar-refractivity contribution < 1.29 is 14.0 Å². The predicted molar refractivity (Wildman–Crippen MR) is 101 cm³/mol. The predicted octanol–water partition coefficient (Wildman–Crippen LogP) is 2.76. The fourth-order valence-electron chi connectivity index (χ4n) is 3.61. The van der Waals surface area contributed by atoms with Crippen molar-refractivity contribution in [2.45, 2.75) is 20.3 Å². The number of nitrogens with zero attached hydrogens (tertiary/aromatic N) is 3. The van der Waals surface area contributed by atoms with E-state index >= 15 is 0 Å². The number of oxazole rings is 1.